The first-order valence-electron chi connectivity index (χ1n) is 9.28. The Balaban J connectivity index is 0.000000206. The Labute approximate surface area is 158 Å². The molecule has 3 aromatic carbocycles. The summed E-state index contributed by atoms with van der Waals surface area (Å²) in [4.78, 5) is 0. The molecule has 0 saturated heterocycles. The fourth-order valence-electron chi connectivity index (χ4n) is 3.06. The second-order valence-electron chi connectivity index (χ2n) is 9.06. The zero-order valence-corrected chi connectivity index (χ0v) is 17.2. The second-order valence-corrected chi connectivity index (χ2v) is 9.06. The minimum Gasteiger partial charge on any atom is -0.507 e. The Hall–Kier alpha value is -2.28. The van der Waals surface area contributed by atoms with E-state index in [1.165, 1.54) is 16.3 Å². The molecule has 1 heteroatoms. The van der Waals surface area contributed by atoms with Gasteiger partial charge in [-0.05, 0) is 39.7 Å². The van der Waals surface area contributed by atoms with Crippen LogP contribution >= 0.6 is 0 Å². The van der Waals surface area contributed by atoms with Crippen LogP contribution in [0.2, 0.25) is 0 Å². The number of phenolic OH excluding ortho intramolecular Hbond substituents is 1. The van der Waals surface area contributed by atoms with Gasteiger partial charge in [0, 0.05) is 0 Å². The molecule has 0 aliphatic rings. The SMILES string of the molecule is Cc1cc(C(C)(C)C)c(O)c(C(C)(C)C)c1.c1ccc2ccccc2c1. The molecule has 1 N–H and O–H groups in total. The van der Waals surface area contributed by atoms with Gasteiger partial charge in [0.25, 0.3) is 0 Å². The standard InChI is InChI=1S/C15H24O.C10H8/c1-10-8-11(14(2,3)4)13(16)12(9-10)15(5,6)7;1-2-6-10-8-4-3-7-9(10)5-1/h8-9,16H,1-7H3;1-8H. The summed E-state index contributed by atoms with van der Waals surface area (Å²) in [6, 6.07) is 20.9. The van der Waals surface area contributed by atoms with Crippen molar-refractivity contribution in [1.82, 2.24) is 0 Å². The fraction of sp³-hybridized carbons (Fsp3) is 0.360. The van der Waals surface area contributed by atoms with Crippen LogP contribution in [0.5, 0.6) is 5.75 Å². The predicted octanol–water partition coefficient (Wildman–Crippen LogP) is 7.14. The molecular weight excluding hydrogens is 316 g/mol. The molecular formula is C25H32O. The van der Waals surface area contributed by atoms with Gasteiger partial charge in [0.1, 0.15) is 5.75 Å². The summed E-state index contributed by atoms with van der Waals surface area (Å²) in [6.45, 7) is 14.9. The van der Waals surface area contributed by atoms with E-state index >= 15 is 0 Å². The summed E-state index contributed by atoms with van der Waals surface area (Å²) in [6.07, 6.45) is 0. The quantitative estimate of drug-likeness (QED) is 0.458. The van der Waals surface area contributed by atoms with Gasteiger partial charge in [0.05, 0.1) is 0 Å². The van der Waals surface area contributed by atoms with Crippen molar-refractivity contribution in [3.63, 3.8) is 0 Å². The van der Waals surface area contributed by atoms with Crippen LogP contribution in [-0.4, -0.2) is 5.11 Å². The third kappa shape index (κ3) is 4.88. The highest BCUT2D eigenvalue weighted by Gasteiger charge is 2.25. The molecule has 0 unspecified atom stereocenters. The van der Waals surface area contributed by atoms with Gasteiger partial charge in [0.2, 0.25) is 0 Å². The Bertz CT molecular complexity index is 776. The van der Waals surface area contributed by atoms with Crippen LogP contribution in [0.25, 0.3) is 10.8 Å². The van der Waals surface area contributed by atoms with Crippen molar-refractivity contribution >= 4 is 10.8 Å². The van der Waals surface area contributed by atoms with Gasteiger partial charge >= 0.3 is 0 Å². The van der Waals surface area contributed by atoms with Crippen LogP contribution < -0.4 is 0 Å². The number of benzene rings is 3. The molecule has 3 rings (SSSR count). The minimum atomic E-state index is -0.0178. The zero-order chi connectivity index (χ0) is 19.5. The van der Waals surface area contributed by atoms with Gasteiger partial charge in [-0.3, -0.25) is 0 Å². The van der Waals surface area contributed by atoms with Gasteiger partial charge in [-0.25, -0.2) is 0 Å². The predicted molar refractivity (Wildman–Crippen MR) is 114 cm³/mol. The monoisotopic (exact) mass is 348 g/mol. The maximum Gasteiger partial charge on any atom is 0.123 e. The van der Waals surface area contributed by atoms with Gasteiger partial charge in [-0.1, -0.05) is 108 Å². The van der Waals surface area contributed by atoms with Crippen molar-refractivity contribution in [2.75, 3.05) is 0 Å². The van der Waals surface area contributed by atoms with Crippen molar-refractivity contribution < 1.29 is 5.11 Å². The smallest absolute Gasteiger partial charge is 0.123 e. The molecule has 0 bridgehead atoms. The lowest BCUT2D eigenvalue weighted by Gasteiger charge is -2.27. The molecule has 0 aliphatic carbocycles. The van der Waals surface area contributed by atoms with E-state index in [1.807, 2.05) is 0 Å². The number of aromatic hydroxyl groups is 1. The molecule has 0 radical (unpaired) electrons. The first kappa shape index (κ1) is 20.0. The summed E-state index contributed by atoms with van der Waals surface area (Å²) < 4.78 is 0. The Morgan fingerprint density at radius 1 is 0.615 bits per heavy atom. The molecule has 0 amide bonds. The summed E-state index contributed by atoms with van der Waals surface area (Å²) in [7, 11) is 0. The largest absolute Gasteiger partial charge is 0.507 e. The number of fused-ring (bicyclic) bond motifs is 1. The van der Waals surface area contributed by atoms with Crippen LogP contribution in [0.3, 0.4) is 0 Å². The number of hydrogen-bond donors (Lipinski definition) is 1. The van der Waals surface area contributed by atoms with Gasteiger partial charge in [-0.15, -0.1) is 0 Å². The number of rotatable bonds is 0. The lowest BCUT2D eigenvalue weighted by Crippen LogP contribution is -2.17. The first-order valence-corrected chi connectivity index (χ1v) is 9.28. The molecule has 0 spiro atoms. The van der Waals surface area contributed by atoms with Gasteiger partial charge < -0.3 is 5.11 Å². The zero-order valence-electron chi connectivity index (χ0n) is 17.2. The molecule has 0 aliphatic heterocycles. The minimum absolute atomic E-state index is 0.0178. The van der Waals surface area contributed by atoms with Crippen LogP contribution in [0.15, 0.2) is 60.7 Å². The van der Waals surface area contributed by atoms with Crippen LogP contribution in [0.4, 0.5) is 0 Å². The summed E-state index contributed by atoms with van der Waals surface area (Å²) in [5.74, 6) is 0.464. The molecule has 0 fully saturated rings. The lowest BCUT2D eigenvalue weighted by atomic mass is 9.78. The fourth-order valence-corrected chi connectivity index (χ4v) is 3.06. The average molecular weight is 349 g/mol. The maximum absolute atomic E-state index is 10.4. The van der Waals surface area contributed by atoms with Crippen LogP contribution in [0, 0.1) is 6.92 Å². The van der Waals surface area contributed by atoms with E-state index in [0.29, 0.717) is 5.75 Å². The first-order chi connectivity index (χ1) is 12.0. The van der Waals surface area contributed by atoms with E-state index < -0.39 is 0 Å². The Kier molecular flexibility index (Phi) is 5.81. The van der Waals surface area contributed by atoms with Crippen molar-refractivity contribution in [3.05, 3.63) is 77.4 Å². The van der Waals surface area contributed by atoms with Crippen molar-refractivity contribution in [2.24, 2.45) is 0 Å². The van der Waals surface area contributed by atoms with E-state index in [9.17, 15) is 5.11 Å². The van der Waals surface area contributed by atoms with E-state index in [0.717, 1.165) is 11.1 Å². The Morgan fingerprint density at radius 2 is 0.923 bits per heavy atom. The summed E-state index contributed by atoms with van der Waals surface area (Å²) in [5, 5.41) is 13.0. The molecule has 0 saturated carbocycles. The lowest BCUT2D eigenvalue weighted by molar-refractivity contribution is 0.423. The number of phenols is 1. The third-order valence-electron chi connectivity index (χ3n) is 4.53. The van der Waals surface area contributed by atoms with E-state index in [2.05, 4.69) is 109 Å². The molecule has 26 heavy (non-hydrogen) atoms. The third-order valence-corrected chi connectivity index (χ3v) is 4.53. The molecule has 138 valence electrons. The molecule has 0 atom stereocenters. The molecule has 0 heterocycles. The van der Waals surface area contributed by atoms with Crippen molar-refractivity contribution in [3.8, 4) is 5.75 Å². The summed E-state index contributed by atoms with van der Waals surface area (Å²) >= 11 is 0. The van der Waals surface area contributed by atoms with E-state index in [4.69, 9.17) is 0 Å². The molecule has 1 nitrogen and oxygen atoms in total. The van der Waals surface area contributed by atoms with Crippen LogP contribution in [0.1, 0.15) is 58.2 Å². The van der Waals surface area contributed by atoms with E-state index in [1.54, 1.807) is 0 Å². The highest BCUT2D eigenvalue weighted by molar-refractivity contribution is 5.82. The average Bonchev–Trinajstić information content (AvgIpc) is 2.55. The summed E-state index contributed by atoms with van der Waals surface area (Å²) in [5.41, 5.74) is 3.26. The van der Waals surface area contributed by atoms with E-state index in [-0.39, 0.29) is 10.8 Å². The topological polar surface area (TPSA) is 20.2 Å². The van der Waals surface area contributed by atoms with Gasteiger partial charge in [0.15, 0.2) is 0 Å². The molecule has 3 aromatic rings. The second kappa shape index (κ2) is 7.53. The number of aryl methyl sites for hydroxylation is 1. The van der Waals surface area contributed by atoms with Crippen LogP contribution in [-0.2, 0) is 10.8 Å². The Morgan fingerprint density at radius 3 is 1.19 bits per heavy atom. The maximum atomic E-state index is 10.4. The molecule has 0 aromatic heterocycles. The normalized spacial score (nSPS) is 11.8. The highest BCUT2D eigenvalue weighted by atomic mass is 16.3. The number of hydrogen-bond acceptors (Lipinski definition) is 1. The van der Waals surface area contributed by atoms with Crippen molar-refractivity contribution in [1.29, 1.82) is 0 Å². The van der Waals surface area contributed by atoms with Gasteiger partial charge in [-0.2, -0.15) is 0 Å². The highest BCUT2D eigenvalue weighted by Crippen LogP contribution is 2.39. The van der Waals surface area contributed by atoms with Crippen molar-refractivity contribution in [2.45, 2.75) is 59.3 Å².